The van der Waals surface area contributed by atoms with Gasteiger partial charge in [-0.3, -0.25) is 0 Å². The number of benzene rings is 2. The first-order valence-corrected chi connectivity index (χ1v) is 6.62. The Labute approximate surface area is 119 Å². The quantitative estimate of drug-likeness (QED) is 0.778. The summed E-state index contributed by atoms with van der Waals surface area (Å²) in [6.45, 7) is 2.55. The van der Waals surface area contributed by atoms with Gasteiger partial charge in [0.05, 0.1) is 12.7 Å². The van der Waals surface area contributed by atoms with Crippen LogP contribution >= 0.6 is 0 Å². The van der Waals surface area contributed by atoms with Crippen LogP contribution in [0.4, 0.5) is 0 Å². The van der Waals surface area contributed by atoms with Crippen LogP contribution in [0.25, 0.3) is 0 Å². The molecule has 104 valence electrons. The number of hydrogen-bond acceptors (Lipinski definition) is 3. The number of methoxy groups -OCH3 is 1. The predicted octanol–water partition coefficient (Wildman–Crippen LogP) is 3.61. The van der Waals surface area contributed by atoms with E-state index in [1.54, 1.807) is 6.07 Å². The van der Waals surface area contributed by atoms with Gasteiger partial charge in [-0.05, 0) is 35.7 Å². The highest BCUT2D eigenvalue weighted by Gasteiger charge is 2.09. The van der Waals surface area contributed by atoms with E-state index >= 15 is 0 Å². The molecule has 0 N–H and O–H groups in total. The lowest BCUT2D eigenvalue weighted by Crippen LogP contribution is -2.04. The summed E-state index contributed by atoms with van der Waals surface area (Å²) in [4.78, 5) is 11.5. The van der Waals surface area contributed by atoms with Crippen LogP contribution in [-0.4, -0.2) is 13.1 Å². The molecule has 2 rings (SSSR count). The van der Waals surface area contributed by atoms with E-state index in [1.807, 2.05) is 49.4 Å². The van der Waals surface area contributed by atoms with Crippen molar-refractivity contribution in [2.24, 2.45) is 0 Å². The molecule has 0 saturated heterocycles. The van der Waals surface area contributed by atoms with Gasteiger partial charge in [-0.2, -0.15) is 0 Å². The summed E-state index contributed by atoms with van der Waals surface area (Å²) in [6, 6.07) is 15.4. The number of carbonyl (C=O) groups excluding carboxylic acids is 1. The zero-order valence-electron chi connectivity index (χ0n) is 11.8. The van der Waals surface area contributed by atoms with Crippen molar-refractivity contribution in [3.8, 4) is 5.75 Å². The topological polar surface area (TPSA) is 35.5 Å². The van der Waals surface area contributed by atoms with E-state index in [9.17, 15) is 4.79 Å². The summed E-state index contributed by atoms with van der Waals surface area (Å²) < 4.78 is 10.6. The monoisotopic (exact) mass is 270 g/mol. The van der Waals surface area contributed by atoms with Crippen LogP contribution in [0.5, 0.6) is 5.75 Å². The Kier molecular flexibility index (Phi) is 4.77. The summed E-state index contributed by atoms with van der Waals surface area (Å²) in [6.07, 6.45) is 0.801. The van der Waals surface area contributed by atoms with Crippen molar-refractivity contribution >= 4 is 5.97 Å². The third-order valence-electron chi connectivity index (χ3n) is 3.10. The summed E-state index contributed by atoms with van der Waals surface area (Å²) >= 11 is 0. The van der Waals surface area contributed by atoms with Crippen molar-refractivity contribution in [3.63, 3.8) is 0 Å². The molecule has 3 heteroatoms. The van der Waals surface area contributed by atoms with Crippen molar-refractivity contribution in [1.82, 2.24) is 0 Å². The minimum absolute atomic E-state index is 0.325. The maximum atomic E-state index is 11.5. The smallest absolute Gasteiger partial charge is 0.337 e. The largest absolute Gasteiger partial charge is 0.489 e. The molecule has 0 saturated carbocycles. The predicted molar refractivity (Wildman–Crippen MR) is 77.9 cm³/mol. The number of ether oxygens (including phenoxy) is 2. The summed E-state index contributed by atoms with van der Waals surface area (Å²) in [5.41, 5.74) is 2.67. The molecule has 0 atom stereocenters. The van der Waals surface area contributed by atoms with Gasteiger partial charge in [-0.1, -0.05) is 37.3 Å². The second kappa shape index (κ2) is 6.75. The normalized spacial score (nSPS) is 10.1. The van der Waals surface area contributed by atoms with Gasteiger partial charge < -0.3 is 9.47 Å². The summed E-state index contributed by atoms with van der Waals surface area (Å²) in [5, 5.41) is 0. The van der Waals surface area contributed by atoms with Gasteiger partial charge in [-0.15, -0.1) is 0 Å². The molecule has 0 radical (unpaired) electrons. The number of aryl methyl sites for hydroxylation is 1. The molecule has 2 aromatic carbocycles. The molecule has 0 heterocycles. The fourth-order valence-corrected chi connectivity index (χ4v) is 1.98. The minimum Gasteiger partial charge on any atom is -0.489 e. The second-order valence-corrected chi connectivity index (χ2v) is 4.44. The van der Waals surface area contributed by atoms with Crippen molar-refractivity contribution in [1.29, 1.82) is 0 Å². The Morgan fingerprint density at radius 1 is 1.10 bits per heavy atom. The van der Waals surface area contributed by atoms with E-state index < -0.39 is 0 Å². The van der Waals surface area contributed by atoms with Gasteiger partial charge in [0.15, 0.2) is 0 Å². The molecule has 0 amide bonds. The Hall–Kier alpha value is -2.29. The second-order valence-electron chi connectivity index (χ2n) is 4.44. The zero-order chi connectivity index (χ0) is 14.4. The molecule has 2 aromatic rings. The molecule has 0 unspecified atom stereocenters. The molecule has 0 bridgehead atoms. The molecule has 20 heavy (non-hydrogen) atoms. The fourth-order valence-electron chi connectivity index (χ4n) is 1.98. The molecular weight excluding hydrogens is 252 g/mol. The third kappa shape index (κ3) is 3.38. The van der Waals surface area contributed by atoms with Crippen LogP contribution in [0.15, 0.2) is 48.5 Å². The van der Waals surface area contributed by atoms with E-state index in [-0.39, 0.29) is 5.97 Å². The SMILES string of the molecule is CCc1cc(C(=O)OC)ccc1OCc1ccccc1. The van der Waals surface area contributed by atoms with E-state index in [0.29, 0.717) is 12.2 Å². The maximum Gasteiger partial charge on any atom is 0.337 e. The first kappa shape index (κ1) is 14.1. The van der Waals surface area contributed by atoms with Gasteiger partial charge in [-0.25, -0.2) is 4.79 Å². The van der Waals surface area contributed by atoms with Crippen LogP contribution in [-0.2, 0) is 17.8 Å². The Balaban J connectivity index is 2.13. The minimum atomic E-state index is -0.325. The van der Waals surface area contributed by atoms with Crippen molar-refractivity contribution in [2.75, 3.05) is 7.11 Å². The highest BCUT2D eigenvalue weighted by molar-refractivity contribution is 5.89. The molecule has 0 aliphatic rings. The molecular formula is C17H18O3. The van der Waals surface area contributed by atoms with Crippen molar-refractivity contribution < 1.29 is 14.3 Å². The lowest BCUT2D eigenvalue weighted by atomic mass is 10.1. The Bertz CT molecular complexity index is 576. The summed E-state index contributed by atoms with van der Waals surface area (Å²) in [7, 11) is 1.38. The standard InChI is InChI=1S/C17H18O3/c1-3-14-11-15(17(18)19-2)9-10-16(14)20-12-13-7-5-4-6-8-13/h4-11H,3,12H2,1-2H3. The molecule has 3 nitrogen and oxygen atoms in total. The van der Waals surface area contributed by atoms with Crippen molar-refractivity contribution in [3.05, 3.63) is 65.2 Å². The first-order chi connectivity index (χ1) is 9.74. The fraction of sp³-hybridized carbons (Fsp3) is 0.235. The van der Waals surface area contributed by atoms with Crippen LogP contribution in [0.3, 0.4) is 0 Å². The van der Waals surface area contributed by atoms with E-state index in [2.05, 4.69) is 0 Å². The highest BCUT2D eigenvalue weighted by Crippen LogP contribution is 2.22. The van der Waals surface area contributed by atoms with Crippen molar-refractivity contribution in [2.45, 2.75) is 20.0 Å². The van der Waals surface area contributed by atoms with E-state index in [1.165, 1.54) is 7.11 Å². The Morgan fingerprint density at radius 3 is 2.50 bits per heavy atom. The number of carbonyl (C=O) groups is 1. The lowest BCUT2D eigenvalue weighted by Gasteiger charge is -2.11. The molecule has 0 fully saturated rings. The highest BCUT2D eigenvalue weighted by atomic mass is 16.5. The molecule has 0 spiro atoms. The van der Waals surface area contributed by atoms with Crippen LogP contribution in [0, 0.1) is 0 Å². The van der Waals surface area contributed by atoms with E-state index in [4.69, 9.17) is 9.47 Å². The lowest BCUT2D eigenvalue weighted by molar-refractivity contribution is 0.0600. The first-order valence-electron chi connectivity index (χ1n) is 6.62. The van der Waals surface area contributed by atoms with Gasteiger partial charge in [0, 0.05) is 0 Å². The number of rotatable bonds is 5. The number of esters is 1. The van der Waals surface area contributed by atoms with Gasteiger partial charge in [0.2, 0.25) is 0 Å². The van der Waals surface area contributed by atoms with Gasteiger partial charge in [0.25, 0.3) is 0 Å². The van der Waals surface area contributed by atoms with Gasteiger partial charge in [0.1, 0.15) is 12.4 Å². The zero-order valence-corrected chi connectivity index (χ0v) is 11.8. The Morgan fingerprint density at radius 2 is 1.85 bits per heavy atom. The molecule has 0 aromatic heterocycles. The number of hydrogen-bond donors (Lipinski definition) is 0. The average molecular weight is 270 g/mol. The average Bonchev–Trinajstić information content (AvgIpc) is 2.53. The third-order valence-corrected chi connectivity index (χ3v) is 3.10. The van der Waals surface area contributed by atoms with Gasteiger partial charge >= 0.3 is 5.97 Å². The molecule has 0 aliphatic heterocycles. The summed E-state index contributed by atoms with van der Waals surface area (Å²) in [5.74, 6) is 0.485. The molecule has 0 aliphatic carbocycles. The van der Waals surface area contributed by atoms with E-state index in [0.717, 1.165) is 23.3 Å². The van der Waals surface area contributed by atoms with Crippen LogP contribution in [0.2, 0.25) is 0 Å². The maximum absolute atomic E-state index is 11.5. The van der Waals surface area contributed by atoms with Crippen LogP contribution < -0.4 is 4.74 Å². The van der Waals surface area contributed by atoms with Crippen LogP contribution in [0.1, 0.15) is 28.4 Å².